The molecule has 6 heteroatoms. The molecule has 0 bridgehead atoms. The van der Waals surface area contributed by atoms with Crippen molar-refractivity contribution >= 4 is 34.6 Å². The Morgan fingerprint density at radius 3 is 2.74 bits per heavy atom. The van der Waals surface area contributed by atoms with Gasteiger partial charge in [-0.2, -0.15) is 0 Å². The second-order valence-corrected chi connectivity index (χ2v) is 7.06. The Hall–Kier alpha value is -0.910. The van der Waals surface area contributed by atoms with E-state index in [9.17, 15) is 4.39 Å². The standard InChI is InChI=1S/C17H25ClFN3S/c1-3-4-9-21(2)14-7-10-22(11-8-14)17(23)20-13-5-6-16(19)15(18)12-13/h5-6,12,14H,3-4,7-11H2,1-2H3,(H,20,23)/p+1. The van der Waals surface area contributed by atoms with Gasteiger partial charge in [0.05, 0.1) is 24.7 Å². The van der Waals surface area contributed by atoms with Crippen molar-refractivity contribution in [3.05, 3.63) is 29.0 Å². The molecule has 1 aliphatic heterocycles. The van der Waals surface area contributed by atoms with E-state index in [1.165, 1.54) is 25.5 Å². The predicted molar refractivity (Wildman–Crippen MR) is 98.9 cm³/mol. The Kier molecular flexibility index (Phi) is 7.06. The largest absolute Gasteiger partial charge is 0.349 e. The van der Waals surface area contributed by atoms with Crippen LogP contribution in [0.25, 0.3) is 0 Å². The molecule has 1 heterocycles. The van der Waals surface area contributed by atoms with Gasteiger partial charge in [0.2, 0.25) is 0 Å². The summed E-state index contributed by atoms with van der Waals surface area (Å²) in [4.78, 5) is 3.83. The number of piperidine rings is 1. The van der Waals surface area contributed by atoms with Crippen molar-refractivity contribution in [2.75, 3.05) is 32.0 Å². The van der Waals surface area contributed by atoms with Crippen LogP contribution in [0.2, 0.25) is 5.02 Å². The van der Waals surface area contributed by atoms with Crippen molar-refractivity contribution in [2.45, 2.75) is 38.6 Å². The third-order valence-electron chi connectivity index (χ3n) is 4.57. The van der Waals surface area contributed by atoms with Crippen LogP contribution in [-0.2, 0) is 0 Å². The van der Waals surface area contributed by atoms with Crippen LogP contribution in [0.15, 0.2) is 18.2 Å². The molecule has 128 valence electrons. The topological polar surface area (TPSA) is 19.7 Å². The van der Waals surface area contributed by atoms with E-state index in [1.807, 2.05) is 0 Å². The number of rotatable bonds is 5. The highest BCUT2D eigenvalue weighted by atomic mass is 35.5. The van der Waals surface area contributed by atoms with E-state index in [4.69, 9.17) is 23.8 Å². The van der Waals surface area contributed by atoms with Crippen molar-refractivity contribution < 1.29 is 9.29 Å². The molecule has 0 spiro atoms. The molecule has 0 aromatic heterocycles. The molecule has 2 N–H and O–H groups in total. The Bertz CT molecular complexity index is 533. The number of likely N-dealkylation sites (tertiary alicyclic amines) is 1. The summed E-state index contributed by atoms with van der Waals surface area (Å²) in [7, 11) is 2.30. The first kappa shape index (κ1) is 18.4. The van der Waals surface area contributed by atoms with Gasteiger partial charge in [0, 0.05) is 31.6 Å². The minimum atomic E-state index is -0.415. The Labute approximate surface area is 148 Å². The molecule has 23 heavy (non-hydrogen) atoms. The second kappa shape index (κ2) is 8.81. The first-order valence-corrected chi connectivity index (χ1v) is 9.13. The Morgan fingerprint density at radius 1 is 1.43 bits per heavy atom. The minimum Gasteiger partial charge on any atom is -0.349 e. The molecule has 0 saturated carbocycles. The zero-order valence-electron chi connectivity index (χ0n) is 13.9. The van der Waals surface area contributed by atoms with Crippen LogP contribution in [0.3, 0.4) is 0 Å². The maximum Gasteiger partial charge on any atom is 0.173 e. The normalized spacial score (nSPS) is 17.1. The Morgan fingerprint density at radius 2 is 2.13 bits per heavy atom. The zero-order chi connectivity index (χ0) is 16.8. The van der Waals surface area contributed by atoms with E-state index in [2.05, 4.69) is 24.2 Å². The van der Waals surface area contributed by atoms with Gasteiger partial charge in [-0.25, -0.2) is 4.39 Å². The van der Waals surface area contributed by atoms with E-state index >= 15 is 0 Å². The molecule has 0 aliphatic carbocycles. The number of hydrogen-bond donors (Lipinski definition) is 2. The van der Waals surface area contributed by atoms with Gasteiger partial charge in [-0.15, -0.1) is 0 Å². The molecule has 3 nitrogen and oxygen atoms in total. The van der Waals surface area contributed by atoms with E-state index in [0.717, 1.165) is 37.7 Å². The molecule has 1 aliphatic rings. The average molecular weight is 359 g/mol. The SMILES string of the molecule is CCCC[NH+](C)C1CCN(C(=S)Nc2ccc(F)c(Cl)c2)CC1. The van der Waals surface area contributed by atoms with Crippen molar-refractivity contribution in [3.63, 3.8) is 0 Å². The summed E-state index contributed by atoms with van der Waals surface area (Å²) in [6.45, 7) is 5.42. The van der Waals surface area contributed by atoms with Crippen LogP contribution in [0, 0.1) is 5.82 Å². The Balaban J connectivity index is 1.82. The summed E-state index contributed by atoms with van der Waals surface area (Å²) in [5.41, 5.74) is 0.731. The molecule has 1 fully saturated rings. The maximum atomic E-state index is 13.2. The molecular formula is C17H26ClFN3S+. The molecule has 1 aromatic carbocycles. The second-order valence-electron chi connectivity index (χ2n) is 6.27. The van der Waals surface area contributed by atoms with Crippen molar-refractivity contribution in [2.24, 2.45) is 0 Å². The first-order valence-electron chi connectivity index (χ1n) is 8.34. The van der Waals surface area contributed by atoms with Gasteiger partial charge in [0.1, 0.15) is 5.82 Å². The lowest BCUT2D eigenvalue weighted by Gasteiger charge is -2.36. The number of hydrogen-bond acceptors (Lipinski definition) is 1. The number of unbranched alkanes of at least 4 members (excludes halogenated alkanes) is 1. The summed E-state index contributed by atoms with van der Waals surface area (Å²) in [6.07, 6.45) is 4.85. The number of benzene rings is 1. The van der Waals surface area contributed by atoms with E-state index in [1.54, 1.807) is 17.0 Å². The summed E-state index contributed by atoms with van der Waals surface area (Å²) in [5, 5.41) is 3.96. The summed E-state index contributed by atoms with van der Waals surface area (Å²) < 4.78 is 13.2. The van der Waals surface area contributed by atoms with Crippen molar-refractivity contribution in [1.82, 2.24) is 4.90 Å². The molecular weight excluding hydrogens is 333 g/mol. The predicted octanol–water partition coefficient (Wildman–Crippen LogP) is 2.96. The molecule has 1 atom stereocenters. The maximum absolute atomic E-state index is 13.2. The van der Waals surface area contributed by atoms with Crippen molar-refractivity contribution in [1.29, 1.82) is 0 Å². The summed E-state index contributed by atoms with van der Waals surface area (Å²) in [5.74, 6) is -0.415. The molecule has 0 radical (unpaired) electrons. The number of nitrogens with one attached hydrogen (secondary N) is 2. The van der Waals surface area contributed by atoms with Crippen LogP contribution >= 0.6 is 23.8 Å². The lowest BCUT2D eigenvalue weighted by molar-refractivity contribution is -0.907. The number of nitrogens with zero attached hydrogens (tertiary/aromatic N) is 1. The number of anilines is 1. The van der Waals surface area contributed by atoms with Gasteiger partial charge in [0.25, 0.3) is 0 Å². The van der Waals surface area contributed by atoms with Crippen molar-refractivity contribution in [3.8, 4) is 0 Å². The van der Waals surface area contributed by atoms with Gasteiger partial charge in [-0.1, -0.05) is 24.9 Å². The van der Waals surface area contributed by atoms with E-state index in [0.29, 0.717) is 5.11 Å². The highest BCUT2D eigenvalue weighted by molar-refractivity contribution is 7.80. The number of halogens is 2. The smallest absolute Gasteiger partial charge is 0.173 e. The van der Waals surface area contributed by atoms with Gasteiger partial charge in [0.15, 0.2) is 5.11 Å². The molecule has 0 amide bonds. The molecule has 1 aromatic rings. The fraction of sp³-hybridized carbons (Fsp3) is 0.588. The molecule has 2 rings (SSSR count). The number of quaternary nitrogens is 1. The fourth-order valence-corrected chi connectivity index (χ4v) is 3.49. The van der Waals surface area contributed by atoms with Gasteiger partial charge >= 0.3 is 0 Å². The van der Waals surface area contributed by atoms with Gasteiger partial charge < -0.3 is 15.1 Å². The van der Waals surface area contributed by atoms with Crippen LogP contribution < -0.4 is 10.2 Å². The van der Waals surface area contributed by atoms with Crippen LogP contribution in [0.4, 0.5) is 10.1 Å². The quantitative estimate of drug-likeness (QED) is 0.789. The monoisotopic (exact) mass is 358 g/mol. The first-order chi connectivity index (χ1) is 11.0. The van der Waals surface area contributed by atoms with Crippen LogP contribution in [0.5, 0.6) is 0 Å². The van der Waals surface area contributed by atoms with Gasteiger partial charge in [-0.3, -0.25) is 0 Å². The zero-order valence-corrected chi connectivity index (χ0v) is 15.4. The fourth-order valence-electron chi connectivity index (χ4n) is 3.01. The van der Waals surface area contributed by atoms with Gasteiger partial charge in [-0.05, 0) is 36.8 Å². The lowest BCUT2D eigenvalue weighted by atomic mass is 10.0. The molecule has 1 saturated heterocycles. The number of thiocarbonyl (C=S) groups is 1. The van der Waals surface area contributed by atoms with Crippen LogP contribution in [0.1, 0.15) is 32.6 Å². The summed E-state index contributed by atoms with van der Waals surface area (Å²) >= 11 is 11.3. The third-order valence-corrected chi connectivity index (χ3v) is 5.22. The summed E-state index contributed by atoms with van der Waals surface area (Å²) in [6, 6.07) is 5.30. The highest BCUT2D eigenvalue weighted by Gasteiger charge is 2.26. The average Bonchev–Trinajstić information content (AvgIpc) is 2.56. The minimum absolute atomic E-state index is 0.109. The lowest BCUT2D eigenvalue weighted by Crippen LogP contribution is -3.13. The van der Waals surface area contributed by atoms with E-state index in [-0.39, 0.29) is 5.02 Å². The van der Waals surface area contributed by atoms with E-state index < -0.39 is 5.82 Å². The third kappa shape index (κ3) is 5.30. The highest BCUT2D eigenvalue weighted by Crippen LogP contribution is 2.20. The van der Waals surface area contributed by atoms with Crippen LogP contribution in [-0.4, -0.2) is 42.7 Å². The molecule has 1 unspecified atom stereocenters.